The van der Waals surface area contributed by atoms with Crippen LogP contribution in [0.5, 0.6) is 0 Å². The molecule has 0 spiro atoms. The van der Waals surface area contributed by atoms with Crippen LogP contribution < -0.4 is 10.6 Å². The molecule has 2 aliphatic rings. The minimum atomic E-state index is 0.219. The maximum Gasteiger partial charge on any atom is 0.223 e. The molecule has 110 valence electrons. The second kappa shape index (κ2) is 7.25. The fourth-order valence-electron chi connectivity index (χ4n) is 3.34. The third-order valence-electron chi connectivity index (χ3n) is 4.46. The first-order valence-electron chi connectivity index (χ1n) is 7.88. The zero-order valence-electron chi connectivity index (χ0n) is 12.5. The third-order valence-corrected chi connectivity index (χ3v) is 4.46. The lowest BCUT2D eigenvalue weighted by Gasteiger charge is -2.31. The Kier molecular flexibility index (Phi) is 5.64. The molecular formula is C15H29N3O. The second-order valence-electron chi connectivity index (χ2n) is 6.42. The van der Waals surface area contributed by atoms with Gasteiger partial charge in [-0.05, 0) is 51.6 Å². The fraction of sp³-hybridized carbons (Fsp3) is 0.933. The van der Waals surface area contributed by atoms with E-state index in [2.05, 4.69) is 29.4 Å². The van der Waals surface area contributed by atoms with Gasteiger partial charge in [0.1, 0.15) is 0 Å². The Morgan fingerprint density at radius 1 is 1.37 bits per heavy atom. The smallest absolute Gasteiger partial charge is 0.223 e. The molecule has 0 aliphatic carbocycles. The molecule has 4 heteroatoms. The van der Waals surface area contributed by atoms with Crippen molar-refractivity contribution in [2.45, 2.75) is 45.6 Å². The Balaban J connectivity index is 1.63. The van der Waals surface area contributed by atoms with Gasteiger partial charge >= 0.3 is 0 Å². The van der Waals surface area contributed by atoms with Crippen molar-refractivity contribution in [1.82, 2.24) is 15.5 Å². The van der Waals surface area contributed by atoms with Crippen LogP contribution in [0.25, 0.3) is 0 Å². The van der Waals surface area contributed by atoms with Crippen molar-refractivity contribution in [2.75, 3.05) is 32.7 Å². The predicted octanol–water partition coefficient (Wildman–Crippen LogP) is 1.22. The molecule has 19 heavy (non-hydrogen) atoms. The number of carbonyl (C=O) groups is 1. The summed E-state index contributed by atoms with van der Waals surface area (Å²) in [4.78, 5) is 14.6. The van der Waals surface area contributed by atoms with E-state index in [1.54, 1.807) is 0 Å². The normalized spacial score (nSPS) is 33.1. The minimum Gasteiger partial charge on any atom is -0.355 e. The topological polar surface area (TPSA) is 44.4 Å². The average molecular weight is 267 g/mol. The number of nitrogens with zero attached hydrogens (tertiary/aromatic N) is 1. The van der Waals surface area contributed by atoms with E-state index in [0.29, 0.717) is 6.04 Å². The Morgan fingerprint density at radius 2 is 2.21 bits per heavy atom. The number of likely N-dealkylation sites (tertiary alicyclic amines) is 1. The van der Waals surface area contributed by atoms with Gasteiger partial charge in [0.05, 0.1) is 0 Å². The van der Waals surface area contributed by atoms with E-state index in [0.717, 1.165) is 38.4 Å². The van der Waals surface area contributed by atoms with Gasteiger partial charge in [-0.1, -0.05) is 6.92 Å². The lowest BCUT2D eigenvalue weighted by Crippen LogP contribution is -2.45. The molecule has 3 atom stereocenters. The molecule has 4 nitrogen and oxygen atoms in total. The summed E-state index contributed by atoms with van der Waals surface area (Å²) >= 11 is 0. The number of rotatable bonds is 4. The van der Waals surface area contributed by atoms with Gasteiger partial charge in [0.15, 0.2) is 0 Å². The second-order valence-corrected chi connectivity index (χ2v) is 6.42. The van der Waals surface area contributed by atoms with Gasteiger partial charge in [-0.15, -0.1) is 0 Å². The van der Waals surface area contributed by atoms with Crippen molar-refractivity contribution in [3.05, 3.63) is 0 Å². The molecule has 1 amide bonds. The van der Waals surface area contributed by atoms with Gasteiger partial charge in [-0.25, -0.2) is 0 Å². The summed E-state index contributed by atoms with van der Waals surface area (Å²) < 4.78 is 0. The van der Waals surface area contributed by atoms with Crippen LogP contribution in [0, 0.1) is 11.8 Å². The molecule has 0 radical (unpaired) electrons. The molecule has 0 aromatic rings. The number of hydrogen-bond acceptors (Lipinski definition) is 3. The van der Waals surface area contributed by atoms with E-state index >= 15 is 0 Å². The molecule has 0 aromatic carbocycles. The Morgan fingerprint density at radius 3 is 2.95 bits per heavy atom. The largest absolute Gasteiger partial charge is 0.355 e. The van der Waals surface area contributed by atoms with Crippen LogP contribution in [0.2, 0.25) is 0 Å². The van der Waals surface area contributed by atoms with Crippen molar-refractivity contribution in [3.63, 3.8) is 0 Å². The van der Waals surface area contributed by atoms with Gasteiger partial charge in [0.2, 0.25) is 5.91 Å². The first-order chi connectivity index (χ1) is 9.15. The maximum absolute atomic E-state index is 12.1. The summed E-state index contributed by atoms with van der Waals surface area (Å²) in [6.07, 6.45) is 4.63. The third kappa shape index (κ3) is 4.77. The van der Waals surface area contributed by atoms with Crippen LogP contribution >= 0.6 is 0 Å². The van der Waals surface area contributed by atoms with Crippen molar-refractivity contribution < 1.29 is 4.79 Å². The zero-order valence-corrected chi connectivity index (χ0v) is 12.5. The van der Waals surface area contributed by atoms with E-state index in [1.807, 2.05) is 0 Å². The first kappa shape index (κ1) is 14.8. The highest BCUT2D eigenvalue weighted by Crippen LogP contribution is 2.16. The Hall–Kier alpha value is -0.610. The van der Waals surface area contributed by atoms with Crippen LogP contribution in [0.15, 0.2) is 0 Å². The molecule has 1 unspecified atom stereocenters. The van der Waals surface area contributed by atoms with E-state index in [1.165, 1.54) is 25.9 Å². The van der Waals surface area contributed by atoms with E-state index in [9.17, 15) is 4.79 Å². The van der Waals surface area contributed by atoms with Crippen LogP contribution in [0.3, 0.4) is 0 Å². The predicted molar refractivity (Wildman–Crippen MR) is 78.0 cm³/mol. The van der Waals surface area contributed by atoms with Gasteiger partial charge in [-0.2, -0.15) is 0 Å². The Labute approximate surface area is 117 Å². The quantitative estimate of drug-likeness (QED) is 0.805. The number of hydrogen-bond donors (Lipinski definition) is 2. The molecule has 2 aliphatic heterocycles. The summed E-state index contributed by atoms with van der Waals surface area (Å²) in [5.74, 6) is 1.30. The number of carbonyl (C=O) groups excluding carboxylic acids is 1. The average Bonchev–Trinajstić information content (AvgIpc) is 2.38. The molecular weight excluding hydrogens is 238 g/mol. The molecule has 2 rings (SSSR count). The highest BCUT2D eigenvalue weighted by atomic mass is 16.1. The lowest BCUT2D eigenvalue weighted by atomic mass is 9.92. The fourth-order valence-corrected chi connectivity index (χ4v) is 3.34. The molecule has 2 saturated heterocycles. The van der Waals surface area contributed by atoms with Crippen molar-refractivity contribution >= 4 is 5.91 Å². The number of nitrogens with one attached hydrogen (secondary N) is 2. The maximum atomic E-state index is 12.1. The zero-order chi connectivity index (χ0) is 13.7. The van der Waals surface area contributed by atoms with E-state index in [-0.39, 0.29) is 11.8 Å². The first-order valence-corrected chi connectivity index (χ1v) is 7.88. The van der Waals surface area contributed by atoms with Crippen LogP contribution in [-0.2, 0) is 4.79 Å². The minimum absolute atomic E-state index is 0.219. The van der Waals surface area contributed by atoms with Gasteiger partial charge in [0, 0.05) is 31.6 Å². The number of piperidine rings is 2. The van der Waals surface area contributed by atoms with E-state index in [4.69, 9.17) is 0 Å². The summed E-state index contributed by atoms with van der Waals surface area (Å²) in [6.45, 7) is 9.67. The molecule has 0 bridgehead atoms. The monoisotopic (exact) mass is 267 g/mol. The van der Waals surface area contributed by atoms with Crippen LogP contribution in [-0.4, -0.2) is 49.6 Å². The summed E-state index contributed by atoms with van der Waals surface area (Å²) in [5.41, 5.74) is 0. The summed E-state index contributed by atoms with van der Waals surface area (Å²) in [5, 5.41) is 6.52. The molecule has 2 heterocycles. The van der Waals surface area contributed by atoms with Crippen LogP contribution in [0.1, 0.15) is 39.5 Å². The van der Waals surface area contributed by atoms with Crippen LogP contribution in [0.4, 0.5) is 0 Å². The lowest BCUT2D eigenvalue weighted by molar-refractivity contribution is -0.126. The highest BCUT2D eigenvalue weighted by molar-refractivity contribution is 5.78. The van der Waals surface area contributed by atoms with E-state index < -0.39 is 0 Å². The SMILES string of the molecule is CC1CCCN(CCNC(=O)[C@H]2CCN[C@@H](C)C2)C1. The summed E-state index contributed by atoms with van der Waals surface area (Å²) in [6, 6.07) is 0.479. The van der Waals surface area contributed by atoms with Crippen molar-refractivity contribution in [1.29, 1.82) is 0 Å². The van der Waals surface area contributed by atoms with Gasteiger partial charge < -0.3 is 15.5 Å². The standard InChI is InChI=1S/C15H29N3O/c1-12-4-3-8-18(11-12)9-7-17-15(19)14-5-6-16-13(2)10-14/h12-14,16H,3-11H2,1-2H3,(H,17,19)/t12?,13-,14-/m0/s1. The Bertz CT molecular complexity index is 295. The van der Waals surface area contributed by atoms with Crippen molar-refractivity contribution in [3.8, 4) is 0 Å². The molecule has 0 saturated carbocycles. The molecule has 2 fully saturated rings. The van der Waals surface area contributed by atoms with Gasteiger partial charge in [-0.3, -0.25) is 4.79 Å². The van der Waals surface area contributed by atoms with Gasteiger partial charge in [0.25, 0.3) is 0 Å². The number of amides is 1. The van der Waals surface area contributed by atoms with Crippen molar-refractivity contribution in [2.24, 2.45) is 11.8 Å². The molecule has 2 N–H and O–H groups in total. The molecule has 0 aromatic heterocycles. The highest BCUT2D eigenvalue weighted by Gasteiger charge is 2.24. The summed E-state index contributed by atoms with van der Waals surface area (Å²) in [7, 11) is 0.